The van der Waals surface area contributed by atoms with E-state index in [0.717, 1.165) is 55.4 Å². The standard InChI is InChI=1S/C43H39N2O2.Pt/c1-26-19-30(21-31(20-26)36-25-33(43(5,6)7)22-28-11-10-18-44-39(28)36)35-23-29(27-14-16-32(17-15-27)42(2,3)4)24-38-40(35)45-41(47-38)34-12-8-9-13-37(34)46;/h8-20,22-25,46H,1-7H3;/q-1;. The third-order valence-electron chi connectivity index (χ3n) is 8.88. The molecule has 2 heterocycles. The van der Waals surface area contributed by atoms with Crippen molar-refractivity contribution >= 4 is 22.0 Å². The van der Waals surface area contributed by atoms with E-state index in [1.807, 2.05) is 30.5 Å². The molecular formula is C43H39N2O2Pt-. The number of oxazole rings is 1. The van der Waals surface area contributed by atoms with Gasteiger partial charge in [-0.25, -0.2) is 4.98 Å². The number of phenolic OH excluding ortho intramolecular Hbond substituents is 1. The van der Waals surface area contributed by atoms with Crippen LogP contribution in [-0.4, -0.2) is 15.1 Å². The summed E-state index contributed by atoms with van der Waals surface area (Å²) in [5, 5.41) is 11.8. The van der Waals surface area contributed by atoms with Gasteiger partial charge in [-0.2, -0.15) is 0 Å². The van der Waals surface area contributed by atoms with E-state index in [1.165, 1.54) is 11.1 Å². The second-order valence-corrected chi connectivity index (χ2v) is 14.6. The van der Waals surface area contributed by atoms with Crippen molar-refractivity contribution in [2.45, 2.75) is 59.3 Å². The maximum absolute atomic E-state index is 10.7. The van der Waals surface area contributed by atoms with Crippen molar-refractivity contribution in [3.05, 3.63) is 126 Å². The first-order chi connectivity index (χ1) is 22.3. The quantitative estimate of drug-likeness (QED) is 0.180. The molecule has 5 aromatic carbocycles. The first kappa shape index (κ1) is 33.4. The Morgan fingerprint density at radius 2 is 1.31 bits per heavy atom. The summed E-state index contributed by atoms with van der Waals surface area (Å²) in [6.07, 6.45) is 1.85. The van der Waals surface area contributed by atoms with Crippen LogP contribution in [0, 0.1) is 13.0 Å². The molecule has 0 fully saturated rings. The predicted octanol–water partition coefficient (Wildman–Crippen LogP) is 11.5. The van der Waals surface area contributed by atoms with E-state index < -0.39 is 0 Å². The zero-order chi connectivity index (χ0) is 33.1. The van der Waals surface area contributed by atoms with Gasteiger partial charge in [-0.15, -0.1) is 34.9 Å². The van der Waals surface area contributed by atoms with Gasteiger partial charge in [0.25, 0.3) is 0 Å². The number of phenols is 1. The van der Waals surface area contributed by atoms with Gasteiger partial charge in [0.2, 0.25) is 5.89 Å². The number of para-hydroxylation sites is 1. The van der Waals surface area contributed by atoms with Crippen LogP contribution in [0.2, 0.25) is 0 Å². The maximum atomic E-state index is 10.7. The predicted molar refractivity (Wildman–Crippen MR) is 194 cm³/mol. The molecule has 0 aliphatic rings. The number of aryl methyl sites for hydroxylation is 1. The van der Waals surface area contributed by atoms with E-state index in [9.17, 15) is 5.11 Å². The van der Waals surface area contributed by atoms with E-state index in [1.54, 1.807) is 12.1 Å². The fraction of sp³-hybridized carbons (Fsp3) is 0.209. The Morgan fingerprint density at radius 3 is 1.98 bits per heavy atom. The number of aromatic nitrogens is 2. The third-order valence-corrected chi connectivity index (χ3v) is 8.88. The van der Waals surface area contributed by atoms with Crippen LogP contribution in [0.5, 0.6) is 5.75 Å². The molecule has 5 heteroatoms. The minimum absolute atomic E-state index is 0. The number of aromatic hydroxyl groups is 1. The van der Waals surface area contributed by atoms with Crippen molar-refractivity contribution in [2.75, 3.05) is 0 Å². The molecular weight excluding hydrogens is 772 g/mol. The Morgan fingerprint density at radius 1 is 0.646 bits per heavy atom. The van der Waals surface area contributed by atoms with Crippen molar-refractivity contribution in [2.24, 2.45) is 0 Å². The van der Waals surface area contributed by atoms with Gasteiger partial charge in [-0.1, -0.05) is 120 Å². The molecule has 0 spiro atoms. The molecule has 2 aromatic heterocycles. The Hall–Kier alpha value is -4.53. The van der Waals surface area contributed by atoms with E-state index in [-0.39, 0.29) is 37.6 Å². The summed E-state index contributed by atoms with van der Waals surface area (Å²) < 4.78 is 6.40. The summed E-state index contributed by atoms with van der Waals surface area (Å²) in [5.41, 5.74) is 12.5. The number of pyridine rings is 1. The van der Waals surface area contributed by atoms with Crippen LogP contribution in [0.25, 0.3) is 66.8 Å². The summed E-state index contributed by atoms with van der Waals surface area (Å²) in [4.78, 5) is 9.79. The number of rotatable bonds is 4. The average Bonchev–Trinajstić information content (AvgIpc) is 3.47. The molecule has 0 amide bonds. The summed E-state index contributed by atoms with van der Waals surface area (Å²) in [7, 11) is 0. The minimum Gasteiger partial charge on any atom is -0.507 e. The van der Waals surface area contributed by atoms with Crippen LogP contribution >= 0.6 is 0 Å². The van der Waals surface area contributed by atoms with Gasteiger partial charge in [-0.3, -0.25) is 4.98 Å². The van der Waals surface area contributed by atoms with Gasteiger partial charge >= 0.3 is 0 Å². The van der Waals surface area contributed by atoms with Crippen molar-refractivity contribution < 1.29 is 30.6 Å². The molecule has 0 unspecified atom stereocenters. The Kier molecular flexibility index (Phi) is 8.68. The van der Waals surface area contributed by atoms with Crippen LogP contribution in [0.1, 0.15) is 58.2 Å². The van der Waals surface area contributed by atoms with Gasteiger partial charge in [0.15, 0.2) is 0 Å². The summed E-state index contributed by atoms with van der Waals surface area (Å²) >= 11 is 0. The second-order valence-electron chi connectivity index (χ2n) is 14.6. The van der Waals surface area contributed by atoms with Crippen LogP contribution in [0.15, 0.2) is 108 Å². The first-order valence-electron chi connectivity index (χ1n) is 16.1. The van der Waals surface area contributed by atoms with Crippen LogP contribution in [0.4, 0.5) is 0 Å². The van der Waals surface area contributed by atoms with E-state index in [2.05, 4.69) is 115 Å². The monoisotopic (exact) mass is 810 g/mol. The first-order valence-corrected chi connectivity index (χ1v) is 16.1. The largest absolute Gasteiger partial charge is 0.507 e. The molecule has 48 heavy (non-hydrogen) atoms. The normalized spacial score (nSPS) is 12.0. The summed E-state index contributed by atoms with van der Waals surface area (Å²) in [6, 6.07) is 36.9. The number of nitrogens with zero attached hydrogens (tertiary/aromatic N) is 2. The second kappa shape index (κ2) is 12.5. The Balaban J connectivity index is 0.00000401. The molecule has 0 bridgehead atoms. The Bertz CT molecular complexity index is 2290. The van der Waals surface area contributed by atoms with Crippen LogP contribution in [0.3, 0.4) is 0 Å². The molecule has 0 atom stereocenters. The molecule has 0 aliphatic heterocycles. The fourth-order valence-electron chi connectivity index (χ4n) is 6.17. The number of benzene rings is 5. The van der Waals surface area contributed by atoms with Gasteiger partial charge < -0.3 is 9.52 Å². The van der Waals surface area contributed by atoms with Crippen molar-refractivity contribution in [1.29, 1.82) is 0 Å². The van der Waals surface area contributed by atoms with Crippen LogP contribution in [-0.2, 0) is 31.9 Å². The smallest absolute Gasteiger partial charge is 0.230 e. The summed E-state index contributed by atoms with van der Waals surface area (Å²) in [5.74, 6) is 0.502. The number of hydrogen-bond acceptors (Lipinski definition) is 4. The van der Waals surface area contributed by atoms with Gasteiger partial charge in [0.05, 0.1) is 11.1 Å². The SMILES string of the molecule is Cc1cc(-c2cc(C(C)(C)C)cc3cccnc23)[c-]c(-c2cc(-c3ccc(C(C)(C)C)cc3)cc3oc(-c4ccccc4O)nc23)c1.[Pt]. The number of hydrogen-bond donors (Lipinski definition) is 1. The number of fused-ring (bicyclic) bond motifs is 2. The van der Waals surface area contributed by atoms with Gasteiger partial charge in [0.1, 0.15) is 11.3 Å². The maximum Gasteiger partial charge on any atom is 0.230 e. The van der Waals surface area contributed by atoms with E-state index >= 15 is 0 Å². The third kappa shape index (κ3) is 6.34. The molecule has 4 nitrogen and oxygen atoms in total. The van der Waals surface area contributed by atoms with Gasteiger partial charge in [-0.05, 0) is 62.7 Å². The van der Waals surface area contributed by atoms with Crippen LogP contribution < -0.4 is 0 Å². The molecule has 7 rings (SSSR count). The molecule has 0 aliphatic carbocycles. The molecule has 1 N–H and O–H groups in total. The zero-order valence-corrected chi connectivity index (χ0v) is 30.7. The van der Waals surface area contributed by atoms with Gasteiger partial charge in [0, 0.05) is 32.8 Å². The molecule has 244 valence electrons. The average molecular weight is 811 g/mol. The molecule has 7 aromatic rings. The minimum atomic E-state index is -0.0332. The fourth-order valence-corrected chi connectivity index (χ4v) is 6.17. The Labute approximate surface area is 297 Å². The summed E-state index contributed by atoms with van der Waals surface area (Å²) in [6.45, 7) is 15.5. The van der Waals surface area contributed by atoms with E-state index in [0.29, 0.717) is 17.0 Å². The van der Waals surface area contributed by atoms with Crippen molar-refractivity contribution in [3.8, 4) is 50.6 Å². The van der Waals surface area contributed by atoms with E-state index in [4.69, 9.17) is 14.4 Å². The zero-order valence-electron chi connectivity index (χ0n) is 28.4. The van der Waals surface area contributed by atoms with Crippen molar-refractivity contribution in [1.82, 2.24) is 9.97 Å². The molecule has 0 radical (unpaired) electrons. The van der Waals surface area contributed by atoms with Crippen molar-refractivity contribution in [3.63, 3.8) is 0 Å². The topological polar surface area (TPSA) is 59.2 Å². The molecule has 0 saturated carbocycles. The molecule has 0 saturated heterocycles.